The Morgan fingerprint density at radius 3 is 2.68 bits per heavy atom. The zero-order chi connectivity index (χ0) is 20.7. The van der Waals surface area contributed by atoms with E-state index in [1.165, 1.54) is 16.8 Å². The Labute approximate surface area is 193 Å². The maximum Gasteiger partial charge on any atom is 0.231 e. The highest BCUT2D eigenvalue weighted by Crippen LogP contribution is 2.41. The number of hydrogen-bond donors (Lipinski definition) is 0. The Morgan fingerprint density at radius 1 is 1.10 bits per heavy atom. The van der Waals surface area contributed by atoms with Gasteiger partial charge in [-0.2, -0.15) is 4.57 Å². The summed E-state index contributed by atoms with van der Waals surface area (Å²) in [5.74, 6) is 3.26. The van der Waals surface area contributed by atoms with Crippen molar-refractivity contribution >= 4 is 10.8 Å². The molecule has 0 saturated heterocycles. The van der Waals surface area contributed by atoms with Crippen molar-refractivity contribution in [2.45, 2.75) is 19.4 Å². The van der Waals surface area contributed by atoms with Crippen LogP contribution in [-0.4, -0.2) is 46.0 Å². The van der Waals surface area contributed by atoms with Gasteiger partial charge in [0.2, 0.25) is 12.5 Å². The van der Waals surface area contributed by atoms with E-state index < -0.39 is 0 Å². The SMILES string of the molecule is COc1ccc2cc3[n+](cc2c1OCCCN(C)C)CCc1cc2c(cc1-3)OCO2.[Br-]. The first-order valence-corrected chi connectivity index (χ1v) is 10.4. The molecule has 164 valence electrons. The highest BCUT2D eigenvalue weighted by Gasteiger charge is 2.28. The van der Waals surface area contributed by atoms with Crippen LogP contribution in [0, 0.1) is 0 Å². The van der Waals surface area contributed by atoms with Gasteiger partial charge in [-0.15, -0.1) is 0 Å². The molecule has 7 heteroatoms. The molecular formula is C24H27BrN2O4. The zero-order valence-electron chi connectivity index (χ0n) is 18.1. The van der Waals surface area contributed by atoms with Crippen LogP contribution in [-0.2, 0) is 13.0 Å². The minimum Gasteiger partial charge on any atom is -1.00 e. The minimum absolute atomic E-state index is 0. The molecule has 3 heterocycles. The summed E-state index contributed by atoms with van der Waals surface area (Å²) in [5.41, 5.74) is 3.69. The highest BCUT2D eigenvalue weighted by atomic mass is 79.9. The number of pyridine rings is 1. The van der Waals surface area contributed by atoms with Gasteiger partial charge in [0.05, 0.1) is 24.7 Å². The van der Waals surface area contributed by atoms with E-state index in [-0.39, 0.29) is 17.0 Å². The zero-order valence-corrected chi connectivity index (χ0v) is 19.7. The van der Waals surface area contributed by atoms with Crippen LogP contribution in [0.1, 0.15) is 12.0 Å². The van der Waals surface area contributed by atoms with Gasteiger partial charge in [-0.25, -0.2) is 0 Å². The van der Waals surface area contributed by atoms with Crippen LogP contribution < -0.4 is 40.5 Å². The van der Waals surface area contributed by atoms with Crippen LogP contribution in [0.4, 0.5) is 0 Å². The first-order valence-electron chi connectivity index (χ1n) is 10.4. The summed E-state index contributed by atoms with van der Waals surface area (Å²) in [6, 6.07) is 10.6. The molecule has 0 spiro atoms. The lowest BCUT2D eigenvalue weighted by Gasteiger charge is -2.18. The van der Waals surface area contributed by atoms with Gasteiger partial charge >= 0.3 is 0 Å². The van der Waals surface area contributed by atoms with E-state index >= 15 is 0 Å². The lowest BCUT2D eigenvalue weighted by molar-refractivity contribution is -0.686. The number of aryl methyl sites for hydroxylation is 2. The first kappa shape index (κ1) is 21.7. The Balaban J connectivity index is 0.00000231. The largest absolute Gasteiger partial charge is 1.00 e. The van der Waals surface area contributed by atoms with E-state index in [4.69, 9.17) is 18.9 Å². The summed E-state index contributed by atoms with van der Waals surface area (Å²) >= 11 is 0. The van der Waals surface area contributed by atoms with Crippen LogP contribution in [0.15, 0.2) is 36.5 Å². The van der Waals surface area contributed by atoms with Gasteiger partial charge in [-0.1, -0.05) is 0 Å². The van der Waals surface area contributed by atoms with Crippen LogP contribution in [0.5, 0.6) is 23.0 Å². The molecule has 2 aliphatic heterocycles. The fourth-order valence-corrected chi connectivity index (χ4v) is 4.26. The van der Waals surface area contributed by atoms with Crippen molar-refractivity contribution in [3.05, 3.63) is 42.1 Å². The summed E-state index contributed by atoms with van der Waals surface area (Å²) in [4.78, 5) is 2.17. The Morgan fingerprint density at radius 2 is 1.90 bits per heavy atom. The van der Waals surface area contributed by atoms with Crippen LogP contribution in [0.3, 0.4) is 0 Å². The van der Waals surface area contributed by atoms with Gasteiger partial charge in [0.1, 0.15) is 0 Å². The van der Waals surface area contributed by atoms with E-state index in [2.05, 4.69) is 54.0 Å². The lowest BCUT2D eigenvalue weighted by Crippen LogP contribution is -3.00. The third-order valence-corrected chi connectivity index (χ3v) is 5.79. The third kappa shape index (κ3) is 4.04. The summed E-state index contributed by atoms with van der Waals surface area (Å²) in [6.07, 6.45) is 4.12. The second-order valence-electron chi connectivity index (χ2n) is 8.07. The van der Waals surface area contributed by atoms with Crippen molar-refractivity contribution in [3.63, 3.8) is 0 Å². The van der Waals surface area contributed by atoms with Crippen molar-refractivity contribution in [1.29, 1.82) is 0 Å². The van der Waals surface area contributed by atoms with E-state index in [1.54, 1.807) is 7.11 Å². The standard InChI is InChI=1S/C24H27N2O4.BrH/c1-25(2)8-4-10-28-24-19-14-26-9-7-17-12-22-23(30-15-29-22)13-18(17)20(26)11-16(19)5-6-21(24)27-3;/h5-6,11-14H,4,7-10,15H2,1-3H3;1H/q+1;/p-1. The number of ether oxygens (including phenoxy) is 4. The van der Waals surface area contributed by atoms with Gasteiger partial charge in [0, 0.05) is 19.0 Å². The van der Waals surface area contributed by atoms with Crippen LogP contribution in [0.2, 0.25) is 0 Å². The average molecular weight is 487 g/mol. The highest BCUT2D eigenvalue weighted by molar-refractivity contribution is 5.91. The van der Waals surface area contributed by atoms with Gasteiger partial charge < -0.3 is 40.8 Å². The molecule has 2 aliphatic rings. The summed E-state index contributed by atoms with van der Waals surface area (Å²) < 4.78 is 25.3. The predicted octanol–water partition coefficient (Wildman–Crippen LogP) is 0.422. The maximum absolute atomic E-state index is 6.21. The van der Waals surface area contributed by atoms with Crippen LogP contribution in [0.25, 0.3) is 22.0 Å². The van der Waals surface area contributed by atoms with Gasteiger partial charge in [0.15, 0.2) is 35.7 Å². The van der Waals surface area contributed by atoms with E-state index in [0.717, 1.165) is 59.7 Å². The van der Waals surface area contributed by atoms with Crippen molar-refractivity contribution in [3.8, 4) is 34.3 Å². The maximum atomic E-state index is 6.21. The molecule has 31 heavy (non-hydrogen) atoms. The Hall–Kier alpha value is -2.51. The normalized spacial score (nSPS) is 13.5. The fourth-order valence-electron chi connectivity index (χ4n) is 4.26. The Kier molecular flexibility index (Phi) is 6.25. The second kappa shape index (κ2) is 8.93. The molecule has 0 amide bonds. The summed E-state index contributed by atoms with van der Waals surface area (Å²) in [5, 5.41) is 2.21. The van der Waals surface area contributed by atoms with Crippen molar-refractivity contribution in [2.75, 3.05) is 41.1 Å². The number of aromatic nitrogens is 1. The molecule has 1 aromatic heterocycles. The topological polar surface area (TPSA) is 44.0 Å². The molecule has 0 saturated carbocycles. The number of hydrogen-bond acceptors (Lipinski definition) is 5. The number of nitrogens with zero attached hydrogens (tertiary/aromatic N) is 2. The molecule has 0 radical (unpaired) electrons. The summed E-state index contributed by atoms with van der Waals surface area (Å²) in [7, 11) is 5.84. The number of benzene rings is 2. The minimum atomic E-state index is 0. The average Bonchev–Trinajstić information content (AvgIpc) is 3.21. The smallest absolute Gasteiger partial charge is 0.231 e. The molecule has 0 aliphatic carbocycles. The van der Waals surface area contributed by atoms with Gasteiger partial charge in [0.25, 0.3) is 0 Å². The molecule has 3 aromatic rings. The predicted molar refractivity (Wildman–Crippen MR) is 115 cm³/mol. The first-order chi connectivity index (χ1) is 14.6. The number of rotatable bonds is 6. The molecule has 2 aromatic carbocycles. The van der Waals surface area contributed by atoms with E-state index in [9.17, 15) is 0 Å². The van der Waals surface area contributed by atoms with Crippen molar-refractivity contribution < 1.29 is 40.5 Å². The van der Waals surface area contributed by atoms with Crippen molar-refractivity contribution in [2.24, 2.45) is 0 Å². The third-order valence-electron chi connectivity index (χ3n) is 5.79. The molecular weight excluding hydrogens is 460 g/mol. The number of methoxy groups -OCH3 is 1. The molecule has 6 nitrogen and oxygen atoms in total. The van der Waals surface area contributed by atoms with Crippen LogP contribution >= 0.6 is 0 Å². The number of halogens is 1. The second-order valence-corrected chi connectivity index (χ2v) is 8.07. The van der Waals surface area contributed by atoms with Gasteiger partial charge in [-0.3, -0.25) is 0 Å². The summed E-state index contributed by atoms with van der Waals surface area (Å²) in [6.45, 7) is 2.85. The molecule has 0 N–H and O–H groups in total. The van der Waals surface area contributed by atoms with Gasteiger partial charge in [-0.05, 0) is 55.7 Å². The monoisotopic (exact) mass is 486 g/mol. The van der Waals surface area contributed by atoms with Crippen molar-refractivity contribution in [1.82, 2.24) is 4.90 Å². The molecule has 5 rings (SSSR count). The molecule has 0 bridgehead atoms. The Bertz CT molecular complexity index is 1120. The quantitative estimate of drug-likeness (QED) is 0.373. The van der Waals surface area contributed by atoms with E-state index in [1.807, 2.05) is 6.07 Å². The van der Waals surface area contributed by atoms with E-state index in [0.29, 0.717) is 13.4 Å². The lowest BCUT2D eigenvalue weighted by atomic mass is 9.95. The molecule has 0 fully saturated rings. The number of fused-ring (bicyclic) bond motifs is 5. The molecule has 0 unspecified atom stereocenters. The fraction of sp³-hybridized carbons (Fsp3) is 0.375. The molecule has 0 atom stereocenters.